The Morgan fingerprint density at radius 1 is 0.927 bits per heavy atom. The molecule has 9 heteroatoms. The summed E-state index contributed by atoms with van der Waals surface area (Å²) < 4.78 is 0. The molecule has 0 saturated carbocycles. The molecule has 2 fully saturated rings. The third kappa shape index (κ3) is 6.21. The van der Waals surface area contributed by atoms with Crippen LogP contribution in [-0.2, 0) is 20.9 Å². The first-order valence-electron chi connectivity index (χ1n) is 14.5. The summed E-state index contributed by atoms with van der Waals surface area (Å²) in [6, 6.07) is 24.0. The number of carbonyl (C=O) groups is 3. The molecule has 2 heterocycles. The smallest absolute Gasteiger partial charge is 0.250 e. The molecule has 5 rings (SSSR count). The summed E-state index contributed by atoms with van der Waals surface area (Å²) in [6.45, 7) is 3.06. The van der Waals surface area contributed by atoms with E-state index in [0.29, 0.717) is 38.9 Å². The van der Waals surface area contributed by atoms with E-state index in [1.54, 1.807) is 4.90 Å². The van der Waals surface area contributed by atoms with E-state index in [1.807, 2.05) is 30.3 Å². The van der Waals surface area contributed by atoms with Gasteiger partial charge in [-0.15, -0.1) is 0 Å². The molecule has 2 aliphatic rings. The summed E-state index contributed by atoms with van der Waals surface area (Å²) in [7, 11) is 0. The minimum atomic E-state index is -0.775. The Balaban J connectivity index is 1.29. The van der Waals surface area contributed by atoms with Crippen molar-refractivity contribution in [2.24, 2.45) is 11.5 Å². The van der Waals surface area contributed by atoms with Crippen LogP contribution in [-0.4, -0.2) is 71.9 Å². The van der Waals surface area contributed by atoms with Gasteiger partial charge in [0, 0.05) is 25.3 Å². The zero-order valence-electron chi connectivity index (χ0n) is 23.5. The predicted molar refractivity (Wildman–Crippen MR) is 161 cm³/mol. The van der Waals surface area contributed by atoms with E-state index in [-0.39, 0.29) is 18.4 Å². The number of para-hydroxylation sites is 1. The third-order valence-electron chi connectivity index (χ3n) is 8.50. The number of nitrogens with one attached hydrogen (secondary N) is 1. The first-order chi connectivity index (χ1) is 19.9. The standard InChI is InChI=1S/C32H40N6O3/c33-18-7-6-15-28(30(34)40)35-29(39)22-37-23-38(26-12-2-1-3-13-26)32(31(37)41)16-19-36(20-17-32)21-25-11-8-10-24-9-4-5-14-27(24)25/h1-5,8-14,28H,6-7,15-23,33H2,(H2,34,40)(H,35,39)/t28-/m0/s1. The van der Waals surface area contributed by atoms with Crippen LogP contribution in [0.3, 0.4) is 0 Å². The van der Waals surface area contributed by atoms with Crippen LogP contribution in [0.25, 0.3) is 10.8 Å². The Kier molecular flexibility index (Phi) is 8.85. The molecule has 1 atom stereocenters. The molecular weight excluding hydrogens is 516 g/mol. The fraction of sp³-hybridized carbons (Fsp3) is 0.406. The highest BCUT2D eigenvalue weighted by atomic mass is 16.2. The van der Waals surface area contributed by atoms with E-state index in [0.717, 1.165) is 31.7 Å². The lowest BCUT2D eigenvalue weighted by atomic mass is 9.85. The van der Waals surface area contributed by atoms with Crippen molar-refractivity contribution < 1.29 is 14.4 Å². The van der Waals surface area contributed by atoms with Crippen LogP contribution in [0.5, 0.6) is 0 Å². The van der Waals surface area contributed by atoms with Gasteiger partial charge >= 0.3 is 0 Å². The lowest BCUT2D eigenvalue weighted by Gasteiger charge is -2.43. The second kappa shape index (κ2) is 12.7. The van der Waals surface area contributed by atoms with E-state index in [2.05, 4.69) is 57.6 Å². The topological polar surface area (TPSA) is 125 Å². The third-order valence-corrected chi connectivity index (χ3v) is 8.50. The van der Waals surface area contributed by atoms with Gasteiger partial charge in [-0.3, -0.25) is 19.3 Å². The fourth-order valence-corrected chi connectivity index (χ4v) is 6.27. The van der Waals surface area contributed by atoms with E-state index in [1.165, 1.54) is 16.3 Å². The SMILES string of the molecule is NCCCC[C@H](NC(=O)CN1CN(c2ccccc2)C2(CCN(Cc3cccc4ccccc34)CC2)C1=O)C(N)=O. The van der Waals surface area contributed by atoms with Crippen molar-refractivity contribution in [3.05, 3.63) is 78.4 Å². The maximum atomic E-state index is 14.1. The first-order valence-corrected chi connectivity index (χ1v) is 14.5. The number of anilines is 1. The van der Waals surface area contributed by atoms with Crippen molar-refractivity contribution in [1.82, 2.24) is 15.1 Å². The van der Waals surface area contributed by atoms with E-state index < -0.39 is 17.5 Å². The summed E-state index contributed by atoms with van der Waals surface area (Å²) >= 11 is 0. The maximum Gasteiger partial charge on any atom is 0.250 e. The van der Waals surface area contributed by atoms with E-state index in [9.17, 15) is 14.4 Å². The minimum Gasteiger partial charge on any atom is -0.368 e. The molecule has 3 amide bonds. The molecule has 3 aromatic rings. The zero-order chi connectivity index (χ0) is 28.8. The molecule has 2 saturated heterocycles. The van der Waals surface area contributed by atoms with Gasteiger partial charge in [0.05, 0.1) is 6.67 Å². The number of likely N-dealkylation sites (tertiary alicyclic amines) is 1. The summed E-state index contributed by atoms with van der Waals surface area (Å²) in [4.78, 5) is 45.2. The number of nitrogens with two attached hydrogens (primary N) is 2. The molecule has 1 spiro atoms. The summed E-state index contributed by atoms with van der Waals surface area (Å²) in [5.41, 5.74) is 12.6. The van der Waals surface area contributed by atoms with E-state index >= 15 is 0 Å². The molecule has 0 radical (unpaired) electrons. The average Bonchev–Trinajstić information content (AvgIpc) is 3.24. The van der Waals surface area contributed by atoms with Crippen LogP contribution >= 0.6 is 0 Å². The molecule has 216 valence electrons. The Hall–Kier alpha value is -3.95. The van der Waals surface area contributed by atoms with Crippen LogP contribution in [0.15, 0.2) is 72.8 Å². The fourth-order valence-electron chi connectivity index (χ4n) is 6.27. The molecule has 0 aromatic heterocycles. The second-order valence-electron chi connectivity index (χ2n) is 11.2. The highest BCUT2D eigenvalue weighted by Crippen LogP contribution is 2.39. The number of carbonyl (C=O) groups excluding carboxylic acids is 3. The Morgan fingerprint density at radius 2 is 1.63 bits per heavy atom. The number of rotatable bonds is 11. The summed E-state index contributed by atoms with van der Waals surface area (Å²) in [6.07, 6.45) is 3.18. The number of amides is 3. The van der Waals surface area contributed by atoms with E-state index in [4.69, 9.17) is 11.5 Å². The van der Waals surface area contributed by atoms with Crippen molar-refractivity contribution >= 4 is 34.2 Å². The molecule has 0 aliphatic carbocycles. The van der Waals surface area contributed by atoms with Crippen molar-refractivity contribution in [3.63, 3.8) is 0 Å². The van der Waals surface area contributed by atoms with Crippen LogP contribution in [0.4, 0.5) is 5.69 Å². The summed E-state index contributed by atoms with van der Waals surface area (Å²) in [5.74, 6) is -1.00. The number of hydrogen-bond donors (Lipinski definition) is 3. The number of nitrogens with zero attached hydrogens (tertiary/aromatic N) is 3. The monoisotopic (exact) mass is 556 g/mol. The van der Waals surface area contributed by atoms with Crippen LogP contribution < -0.4 is 21.7 Å². The number of piperidine rings is 1. The molecule has 0 bridgehead atoms. The van der Waals surface area contributed by atoms with Gasteiger partial charge in [0.15, 0.2) is 0 Å². The van der Waals surface area contributed by atoms with Crippen molar-refractivity contribution in [2.75, 3.05) is 37.7 Å². The average molecular weight is 557 g/mol. The maximum absolute atomic E-state index is 14.1. The number of hydrogen-bond acceptors (Lipinski definition) is 6. The predicted octanol–water partition coefficient (Wildman–Crippen LogP) is 2.58. The molecule has 41 heavy (non-hydrogen) atoms. The van der Waals surface area contributed by atoms with Crippen molar-refractivity contribution in [3.8, 4) is 0 Å². The van der Waals surface area contributed by atoms with Crippen LogP contribution in [0.1, 0.15) is 37.7 Å². The number of fused-ring (bicyclic) bond motifs is 1. The van der Waals surface area contributed by atoms with Gasteiger partial charge in [0.1, 0.15) is 18.1 Å². The molecule has 5 N–H and O–H groups in total. The van der Waals surface area contributed by atoms with Gasteiger partial charge in [-0.1, -0.05) is 60.7 Å². The molecule has 9 nitrogen and oxygen atoms in total. The molecule has 0 unspecified atom stereocenters. The number of benzene rings is 3. The van der Waals surface area contributed by atoms with Gasteiger partial charge in [-0.05, 0) is 67.1 Å². The van der Waals surface area contributed by atoms with Gasteiger partial charge < -0.3 is 26.6 Å². The zero-order valence-corrected chi connectivity index (χ0v) is 23.5. The molecule has 3 aromatic carbocycles. The molecular formula is C32H40N6O3. The van der Waals surface area contributed by atoms with Crippen molar-refractivity contribution in [1.29, 1.82) is 0 Å². The van der Waals surface area contributed by atoms with Crippen LogP contribution in [0.2, 0.25) is 0 Å². The van der Waals surface area contributed by atoms with Gasteiger partial charge in [-0.25, -0.2) is 0 Å². The lowest BCUT2D eigenvalue weighted by molar-refractivity contribution is -0.137. The normalized spacial score (nSPS) is 17.7. The first kappa shape index (κ1) is 28.6. The minimum absolute atomic E-state index is 0.0416. The van der Waals surface area contributed by atoms with Gasteiger partial charge in [0.25, 0.3) is 0 Å². The Morgan fingerprint density at radius 3 is 2.37 bits per heavy atom. The van der Waals surface area contributed by atoms with Crippen molar-refractivity contribution in [2.45, 2.75) is 50.2 Å². The Labute approximate surface area is 241 Å². The lowest BCUT2D eigenvalue weighted by Crippen LogP contribution is -2.56. The highest BCUT2D eigenvalue weighted by molar-refractivity contribution is 5.97. The number of primary amides is 1. The second-order valence-corrected chi connectivity index (χ2v) is 11.2. The Bertz CT molecular complexity index is 1370. The molecule has 2 aliphatic heterocycles. The number of unbranched alkanes of at least 4 members (excludes halogenated alkanes) is 1. The largest absolute Gasteiger partial charge is 0.368 e. The van der Waals surface area contributed by atoms with Crippen LogP contribution in [0, 0.1) is 0 Å². The van der Waals surface area contributed by atoms with Gasteiger partial charge in [0.2, 0.25) is 17.7 Å². The quantitative estimate of drug-likeness (QED) is 0.312. The van der Waals surface area contributed by atoms with Gasteiger partial charge in [-0.2, -0.15) is 0 Å². The summed E-state index contributed by atoms with van der Waals surface area (Å²) in [5, 5.41) is 5.23. The highest BCUT2D eigenvalue weighted by Gasteiger charge is 2.54.